The van der Waals surface area contributed by atoms with E-state index in [0.29, 0.717) is 23.6 Å². The van der Waals surface area contributed by atoms with Crippen molar-refractivity contribution in [1.29, 1.82) is 0 Å². The minimum Gasteiger partial charge on any atom is -0.492 e. The Morgan fingerprint density at radius 2 is 1.92 bits per heavy atom. The second-order valence-electron chi connectivity index (χ2n) is 5.77. The van der Waals surface area contributed by atoms with Gasteiger partial charge in [-0.05, 0) is 44.5 Å². The first-order valence-corrected chi connectivity index (χ1v) is 10.5. The Kier molecular flexibility index (Phi) is 5.29. The summed E-state index contributed by atoms with van der Waals surface area (Å²) in [7, 11) is -3.76. The molecule has 3 rings (SSSR count). The normalized spacial score (nSPS) is 11.3. The molecule has 7 heteroatoms. The molecule has 0 fully saturated rings. The number of anilines is 1. The summed E-state index contributed by atoms with van der Waals surface area (Å²) in [6.45, 7) is 6.01. The molecular weight excluding hydrogens is 368 g/mol. The number of hydrogen-bond acceptors (Lipinski definition) is 5. The van der Waals surface area contributed by atoms with Gasteiger partial charge < -0.3 is 4.74 Å². The lowest BCUT2D eigenvalue weighted by molar-refractivity contribution is 0.342. The molecule has 0 saturated carbocycles. The first kappa shape index (κ1) is 18.4. The number of ether oxygens (including phenoxy) is 1. The molecule has 0 aliphatic heterocycles. The number of rotatable bonds is 6. The maximum absolute atomic E-state index is 13.0. The number of aromatic nitrogens is 1. The molecule has 0 unspecified atom stereocenters. The van der Waals surface area contributed by atoms with Crippen molar-refractivity contribution in [1.82, 2.24) is 4.98 Å². The number of nitrogens with zero attached hydrogens (tertiary/aromatic N) is 1. The zero-order valence-electron chi connectivity index (χ0n) is 14.8. The van der Waals surface area contributed by atoms with Crippen molar-refractivity contribution in [3.63, 3.8) is 0 Å². The quantitative estimate of drug-likeness (QED) is 0.669. The highest BCUT2D eigenvalue weighted by Gasteiger charge is 2.20. The SMILES string of the molecule is CCOc1ccccc1NS(=O)(=O)c1cc(-c2csc(C)n2)ccc1C. The summed E-state index contributed by atoms with van der Waals surface area (Å²) in [5, 5.41) is 2.86. The fraction of sp³-hybridized carbons (Fsp3) is 0.211. The Balaban J connectivity index is 1.99. The molecule has 26 heavy (non-hydrogen) atoms. The maximum atomic E-state index is 13.0. The summed E-state index contributed by atoms with van der Waals surface area (Å²) in [5.41, 5.74) is 2.64. The van der Waals surface area contributed by atoms with E-state index in [0.717, 1.165) is 16.3 Å². The fourth-order valence-corrected chi connectivity index (χ4v) is 4.54. The second-order valence-corrected chi connectivity index (χ2v) is 8.48. The minimum atomic E-state index is -3.76. The third kappa shape index (κ3) is 3.89. The summed E-state index contributed by atoms with van der Waals surface area (Å²) >= 11 is 1.53. The van der Waals surface area contributed by atoms with Crippen LogP contribution >= 0.6 is 11.3 Å². The molecule has 2 aromatic carbocycles. The van der Waals surface area contributed by atoms with Gasteiger partial charge in [-0.3, -0.25) is 4.72 Å². The Labute approximate surface area is 157 Å². The smallest absolute Gasteiger partial charge is 0.262 e. The van der Waals surface area contributed by atoms with E-state index in [9.17, 15) is 8.42 Å². The molecule has 3 aromatic rings. The summed E-state index contributed by atoms with van der Waals surface area (Å²) < 4.78 is 34.1. The van der Waals surface area contributed by atoms with E-state index in [1.165, 1.54) is 11.3 Å². The van der Waals surface area contributed by atoms with Gasteiger partial charge in [0.05, 0.1) is 27.9 Å². The van der Waals surface area contributed by atoms with Crippen LogP contribution in [-0.4, -0.2) is 20.0 Å². The molecule has 1 heterocycles. The molecule has 0 atom stereocenters. The largest absolute Gasteiger partial charge is 0.492 e. The van der Waals surface area contributed by atoms with E-state index in [-0.39, 0.29) is 4.90 Å². The van der Waals surface area contributed by atoms with Crippen molar-refractivity contribution in [2.75, 3.05) is 11.3 Å². The van der Waals surface area contributed by atoms with Gasteiger partial charge in [-0.15, -0.1) is 11.3 Å². The molecule has 0 bridgehead atoms. The van der Waals surface area contributed by atoms with Crippen molar-refractivity contribution in [2.24, 2.45) is 0 Å². The number of aryl methyl sites for hydroxylation is 2. The van der Waals surface area contributed by atoms with Crippen LogP contribution in [0.5, 0.6) is 5.75 Å². The number of benzene rings is 2. The van der Waals surface area contributed by atoms with E-state index in [2.05, 4.69) is 9.71 Å². The molecule has 5 nitrogen and oxygen atoms in total. The number of para-hydroxylation sites is 2. The topological polar surface area (TPSA) is 68.3 Å². The third-order valence-electron chi connectivity index (χ3n) is 3.82. The van der Waals surface area contributed by atoms with E-state index >= 15 is 0 Å². The standard InChI is InChI=1S/C19H20N2O3S2/c1-4-24-18-8-6-5-7-16(18)21-26(22,23)19-11-15(10-9-13(19)2)17-12-25-14(3)20-17/h5-12,21H,4H2,1-3H3. The van der Waals surface area contributed by atoms with Crippen molar-refractivity contribution >= 4 is 27.0 Å². The first-order chi connectivity index (χ1) is 12.4. The predicted molar refractivity (Wildman–Crippen MR) is 105 cm³/mol. The monoisotopic (exact) mass is 388 g/mol. The Morgan fingerprint density at radius 1 is 1.15 bits per heavy atom. The number of sulfonamides is 1. The van der Waals surface area contributed by atoms with Crippen LogP contribution in [0.2, 0.25) is 0 Å². The van der Waals surface area contributed by atoms with Crippen LogP contribution in [0.3, 0.4) is 0 Å². The van der Waals surface area contributed by atoms with Gasteiger partial charge >= 0.3 is 0 Å². The van der Waals surface area contributed by atoms with Crippen LogP contribution in [0.25, 0.3) is 11.3 Å². The maximum Gasteiger partial charge on any atom is 0.262 e. The molecular formula is C19H20N2O3S2. The Morgan fingerprint density at radius 3 is 2.62 bits per heavy atom. The summed E-state index contributed by atoms with van der Waals surface area (Å²) in [4.78, 5) is 4.67. The van der Waals surface area contributed by atoms with Crippen LogP contribution in [0, 0.1) is 13.8 Å². The van der Waals surface area contributed by atoms with Gasteiger partial charge in [0, 0.05) is 10.9 Å². The van der Waals surface area contributed by atoms with Crippen molar-refractivity contribution in [3.8, 4) is 17.0 Å². The van der Waals surface area contributed by atoms with E-state index in [1.54, 1.807) is 43.3 Å². The lowest BCUT2D eigenvalue weighted by Gasteiger charge is -2.14. The fourth-order valence-electron chi connectivity index (χ4n) is 2.58. The summed E-state index contributed by atoms with van der Waals surface area (Å²) in [5.74, 6) is 0.502. The summed E-state index contributed by atoms with van der Waals surface area (Å²) in [6.07, 6.45) is 0. The molecule has 1 N–H and O–H groups in total. The highest BCUT2D eigenvalue weighted by molar-refractivity contribution is 7.92. The first-order valence-electron chi connectivity index (χ1n) is 8.18. The zero-order chi connectivity index (χ0) is 18.7. The van der Waals surface area contributed by atoms with Crippen LogP contribution in [-0.2, 0) is 10.0 Å². The zero-order valence-corrected chi connectivity index (χ0v) is 16.4. The highest BCUT2D eigenvalue weighted by Crippen LogP contribution is 2.30. The molecule has 0 radical (unpaired) electrons. The van der Waals surface area contributed by atoms with Gasteiger partial charge in [0.2, 0.25) is 0 Å². The Hall–Kier alpha value is -2.38. The molecule has 136 valence electrons. The second kappa shape index (κ2) is 7.47. The lowest BCUT2D eigenvalue weighted by Crippen LogP contribution is -2.15. The van der Waals surface area contributed by atoms with Crippen molar-refractivity contribution in [2.45, 2.75) is 25.7 Å². The van der Waals surface area contributed by atoms with Gasteiger partial charge in [0.1, 0.15) is 5.75 Å². The third-order valence-corrected chi connectivity index (χ3v) is 6.10. The van der Waals surface area contributed by atoms with Gasteiger partial charge in [0.25, 0.3) is 10.0 Å². The molecule has 0 aliphatic rings. The average Bonchev–Trinajstić information content (AvgIpc) is 3.03. The highest BCUT2D eigenvalue weighted by atomic mass is 32.2. The summed E-state index contributed by atoms with van der Waals surface area (Å²) in [6, 6.07) is 12.3. The van der Waals surface area contributed by atoms with Crippen LogP contribution in [0.15, 0.2) is 52.7 Å². The lowest BCUT2D eigenvalue weighted by atomic mass is 10.1. The number of nitrogens with one attached hydrogen (secondary N) is 1. The van der Waals surface area contributed by atoms with Gasteiger partial charge in [-0.1, -0.05) is 24.3 Å². The van der Waals surface area contributed by atoms with E-state index in [1.807, 2.05) is 25.3 Å². The van der Waals surface area contributed by atoms with Crippen molar-refractivity contribution in [3.05, 3.63) is 58.4 Å². The number of thiazole rings is 1. The van der Waals surface area contributed by atoms with Crippen LogP contribution in [0.4, 0.5) is 5.69 Å². The molecule has 0 aliphatic carbocycles. The number of hydrogen-bond donors (Lipinski definition) is 1. The van der Waals surface area contributed by atoms with Gasteiger partial charge in [-0.2, -0.15) is 0 Å². The molecule has 0 saturated heterocycles. The molecule has 0 amide bonds. The molecule has 1 aromatic heterocycles. The van der Waals surface area contributed by atoms with Gasteiger partial charge in [-0.25, -0.2) is 13.4 Å². The van der Waals surface area contributed by atoms with Gasteiger partial charge in [0.15, 0.2) is 0 Å². The predicted octanol–water partition coefficient (Wildman–Crippen LogP) is 4.63. The van der Waals surface area contributed by atoms with Crippen LogP contribution < -0.4 is 9.46 Å². The average molecular weight is 389 g/mol. The minimum absolute atomic E-state index is 0.229. The van der Waals surface area contributed by atoms with E-state index < -0.39 is 10.0 Å². The molecule has 0 spiro atoms. The van der Waals surface area contributed by atoms with Crippen LogP contribution in [0.1, 0.15) is 17.5 Å². The van der Waals surface area contributed by atoms with Crippen molar-refractivity contribution < 1.29 is 13.2 Å². The van der Waals surface area contributed by atoms with E-state index in [4.69, 9.17) is 4.74 Å². The Bertz CT molecular complexity index is 1030.